The molecule has 2 rings (SSSR count). The van der Waals surface area contributed by atoms with Crippen LogP contribution in [0.25, 0.3) is 0 Å². The molecule has 0 spiro atoms. The van der Waals surface area contributed by atoms with Crippen LogP contribution in [-0.2, 0) is 11.3 Å². The molecule has 1 aromatic carbocycles. The van der Waals surface area contributed by atoms with E-state index in [0.29, 0.717) is 0 Å². The van der Waals surface area contributed by atoms with Gasteiger partial charge in [-0.2, -0.15) is 0 Å². The van der Waals surface area contributed by atoms with E-state index in [1.807, 2.05) is 6.07 Å². The molecule has 0 radical (unpaired) electrons. The zero-order chi connectivity index (χ0) is 13.3. The van der Waals surface area contributed by atoms with Crippen molar-refractivity contribution in [2.45, 2.75) is 51.7 Å². The van der Waals surface area contributed by atoms with Gasteiger partial charge >= 0.3 is 0 Å². The van der Waals surface area contributed by atoms with Crippen LogP contribution in [0.5, 0.6) is 0 Å². The molecule has 0 aromatic heterocycles. The van der Waals surface area contributed by atoms with Gasteiger partial charge in [0.25, 0.3) is 0 Å². The van der Waals surface area contributed by atoms with E-state index in [9.17, 15) is 0 Å². The van der Waals surface area contributed by atoms with Gasteiger partial charge in [0.15, 0.2) is 0 Å². The summed E-state index contributed by atoms with van der Waals surface area (Å²) in [5, 5.41) is 3.68. The monoisotopic (exact) mass is 261 g/mol. The number of ether oxygens (including phenoxy) is 1. The number of rotatable bonds is 8. The van der Waals surface area contributed by atoms with Gasteiger partial charge in [-0.25, -0.2) is 0 Å². The fourth-order valence-corrected chi connectivity index (χ4v) is 2.98. The van der Waals surface area contributed by atoms with Gasteiger partial charge in [0.1, 0.15) is 0 Å². The highest BCUT2D eigenvalue weighted by atomic mass is 16.5. The minimum Gasteiger partial charge on any atom is -0.377 e. The summed E-state index contributed by atoms with van der Waals surface area (Å²) in [6.45, 7) is 5.04. The van der Waals surface area contributed by atoms with Crippen molar-refractivity contribution in [3.05, 3.63) is 35.9 Å². The highest BCUT2D eigenvalue weighted by Crippen LogP contribution is 2.28. The van der Waals surface area contributed by atoms with Crippen molar-refractivity contribution in [1.82, 2.24) is 5.32 Å². The maximum Gasteiger partial charge on any atom is 0.0716 e. The summed E-state index contributed by atoms with van der Waals surface area (Å²) in [6.07, 6.45) is 6.53. The van der Waals surface area contributed by atoms with Crippen molar-refractivity contribution < 1.29 is 4.74 Å². The molecule has 0 saturated heterocycles. The van der Waals surface area contributed by atoms with Crippen LogP contribution < -0.4 is 5.32 Å². The molecule has 1 saturated carbocycles. The Kier molecular flexibility index (Phi) is 6.38. The first-order chi connectivity index (χ1) is 9.40. The number of hydrogen-bond donors (Lipinski definition) is 1. The molecule has 1 aliphatic rings. The molecule has 2 nitrogen and oxygen atoms in total. The molecule has 1 fully saturated rings. The van der Waals surface area contributed by atoms with Gasteiger partial charge in [-0.1, -0.05) is 43.7 Å². The van der Waals surface area contributed by atoms with E-state index in [4.69, 9.17) is 4.74 Å². The standard InChI is InChI=1S/C17H27NO/c1-2-12-18-17-10-6-9-16(17)11-13-19-14-15-7-4-3-5-8-15/h3-5,7-8,16-18H,2,6,9-14H2,1H3. The molecule has 1 aromatic rings. The van der Waals surface area contributed by atoms with Crippen molar-refractivity contribution in [2.75, 3.05) is 13.2 Å². The smallest absolute Gasteiger partial charge is 0.0716 e. The van der Waals surface area contributed by atoms with Crippen molar-refractivity contribution in [3.63, 3.8) is 0 Å². The number of benzene rings is 1. The molecule has 2 heteroatoms. The van der Waals surface area contributed by atoms with Crippen LogP contribution in [0.15, 0.2) is 30.3 Å². The van der Waals surface area contributed by atoms with Crippen LogP contribution >= 0.6 is 0 Å². The molecular formula is C17H27NO. The predicted octanol–water partition coefficient (Wildman–Crippen LogP) is 3.76. The van der Waals surface area contributed by atoms with Crippen LogP contribution in [0.2, 0.25) is 0 Å². The molecular weight excluding hydrogens is 234 g/mol. The highest BCUT2D eigenvalue weighted by Gasteiger charge is 2.25. The van der Waals surface area contributed by atoms with Gasteiger partial charge < -0.3 is 10.1 Å². The summed E-state index contributed by atoms with van der Waals surface area (Å²) in [5.74, 6) is 0.822. The van der Waals surface area contributed by atoms with Gasteiger partial charge in [0.05, 0.1) is 6.61 Å². The topological polar surface area (TPSA) is 21.3 Å². The van der Waals surface area contributed by atoms with Gasteiger partial charge in [0, 0.05) is 12.6 Å². The molecule has 1 aliphatic carbocycles. The van der Waals surface area contributed by atoms with Crippen molar-refractivity contribution >= 4 is 0 Å². The van der Waals surface area contributed by atoms with Crippen LogP contribution in [0, 0.1) is 5.92 Å². The van der Waals surface area contributed by atoms with E-state index in [1.165, 1.54) is 37.7 Å². The van der Waals surface area contributed by atoms with Crippen molar-refractivity contribution in [1.29, 1.82) is 0 Å². The van der Waals surface area contributed by atoms with Crippen LogP contribution in [-0.4, -0.2) is 19.2 Å². The average molecular weight is 261 g/mol. The maximum atomic E-state index is 5.81. The number of nitrogens with one attached hydrogen (secondary N) is 1. The normalized spacial score (nSPS) is 22.8. The van der Waals surface area contributed by atoms with Crippen molar-refractivity contribution in [2.24, 2.45) is 5.92 Å². The fourth-order valence-electron chi connectivity index (χ4n) is 2.98. The molecule has 0 amide bonds. The van der Waals surface area contributed by atoms with Gasteiger partial charge in [-0.15, -0.1) is 0 Å². The zero-order valence-corrected chi connectivity index (χ0v) is 12.1. The van der Waals surface area contributed by atoms with Gasteiger partial charge in [-0.05, 0) is 43.7 Å². The third kappa shape index (κ3) is 4.96. The molecule has 2 unspecified atom stereocenters. The van der Waals surface area contributed by atoms with Crippen LogP contribution in [0.1, 0.15) is 44.6 Å². The first-order valence-electron chi connectivity index (χ1n) is 7.75. The minimum absolute atomic E-state index is 0.736. The van der Waals surface area contributed by atoms with E-state index >= 15 is 0 Å². The quantitative estimate of drug-likeness (QED) is 0.719. The minimum atomic E-state index is 0.736. The first kappa shape index (κ1) is 14.5. The van der Waals surface area contributed by atoms with E-state index in [2.05, 4.69) is 36.5 Å². The van der Waals surface area contributed by atoms with Gasteiger partial charge in [-0.3, -0.25) is 0 Å². The molecule has 1 N–H and O–H groups in total. The van der Waals surface area contributed by atoms with E-state index < -0.39 is 0 Å². The average Bonchev–Trinajstić information content (AvgIpc) is 2.90. The molecule has 0 bridgehead atoms. The Morgan fingerprint density at radius 1 is 1.21 bits per heavy atom. The van der Waals surface area contributed by atoms with Crippen LogP contribution in [0.3, 0.4) is 0 Å². The second-order valence-electron chi connectivity index (χ2n) is 5.58. The lowest BCUT2D eigenvalue weighted by Gasteiger charge is -2.20. The van der Waals surface area contributed by atoms with Crippen molar-refractivity contribution in [3.8, 4) is 0 Å². The molecule has 19 heavy (non-hydrogen) atoms. The van der Waals surface area contributed by atoms with E-state index in [0.717, 1.165) is 31.7 Å². The largest absolute Gasteiger partial charge is 0.377 e. The lowest BCUT2D eigenvalue weighted by molar-refractivity contribution is 0.104. The fraction of sp³-hybridized carbons (Fsp3) is 0.647. The summed E-state index contributed by atoms with van der Waals surface area (Å²) < 4.78 is 5.81. The molecule has 106 valence electrons. The first-order valence-corrected chi connectivity index (χ1v) is 7.75. The Hall–Kier alpha value is -0.860. The molecule has 0 aliphatic heterocycles. The Bertz CT molecular complexity index is 338. The SMILES string of the molecule is CCCNC1CCCC1CCOCc1ccccc1. The lowest BCUT2D eigenvalue weighted by atomic mass is 10.00. The summed E-state index contributed by atoms with van der Waals surface area (Å²) in [7, 11) is 0. The predicted molar refractivity (Wildman–Crippen MR) is 80.1 cm³/mol. The Balaban J connectivity index is 1.62. The number of hydrogen-bond acceptors (Lipinski definition) is 2. The zero-order valence-electron chi connectivity index (χ0n) is 12.1. The summed E-state index contributed by atoms with van der Waals surface area (Å²) >= 11 is 0. The second-order valence-corrected chi connectivity index (χ2v) is 5.58. The van der Waals surface area contributed by atoms with E-state index in [-0.39, 0.29) is 0 Å². The summed E-state index contributed by atoms with van der Waals surface area (Å²) in [5.41, 5.74) is 1.27. The Labute approximate surface area is 117 Å². The van der Waals surface area contributed by atoms with E-state index in [1.54, 1.807) is 0 Å². The third-order valence-corrected chi connectivity index (χ3v) is 4.06. The van der Waals surface area contributed by atoms with Crippen LogP contribution in [0.4, 0.5) is 0 Å². The Morgan fingerprint density at radius 2 is 2.05 bits per heavy atom. The third-order valence-electron chi connectivity index (χ3n) is 4.06. The lowest BCUT2D eigenvalue weighted by Crippen LogP contribution is -2.33. The maximum absolute atomic E-state index is 5.81. The summed E-state index contributed by atoms with van der Waals surface area (Å²) in [4.78, 5) is 0. The molecule has 0 heterocycles. The summed E-state index contributed by atoms with van der Waals surface area (Å²) in [6, 6.07) is 11.2. The van der Waals surface area contributed by atoms with Gasteiger partial charge in [0.2, 0.25) is 0 Å². The highest BCUT2D eigenvalue weighted by molar-refractivity contribution is 5.13. The Morgan fingerprint density at radius 3 is 2.84 bits per heavy atom. The molecule has 2 atom stereocenters. The second kappa shape index (κ2) is 8.34.